The second kappa shape index (κ2) is 5.04. The summed E-state index contributed by atoms with van der Waals surface area (Å²) in [7, 11) is -4.13. The van der Waals surface area contributed by atoms with Gasteiger partial charge >= 0.3 is 5.97 Å². The molecule has 2 heterocycles. The summed E-state index contributed by atoms with van der Waals surface area (Å²) < 4.78 is 26.8. The van der Waals surface area contributed by atoms with Gasteiger partial charge in [0.1, 0.15) is 11.8 Å². The second-order valence-electron chi connectivity index (χ2n) is 4.53. The molecule has 1 aliphatic rings. The lowest BCUT2D eigenvalue weighted by Crippen LogP contribution is -2.32. The van der Waals surface area contributed by atoms with Crippen LogP contribution in [-0.4, -0.2) is 31.3 Å². The number of imide groups is 1. The van der Waals surface area contributed by atoms with Gasteiger partial charge in [0.25, 0.3) is 21.8 Å². The van der Waals surface area contributed by atoms with E-state index in [-0.39, 0.29) is 16.7 Å². The molecule has 2 N–H and O–H groups in total. The zero-order valence-corrected chi connectivity index (χ0v) is 12.1. The van der Waals surface area contributed by atoms with E-state index in [4.69, 9.17) is 9.98 Å². The van der Waals surface area contributed by atoms with Crippen LogP contribution in [0, 0.1) is 0 Å². The van der Waals surface area contributed by atoms with Crippen molar-refractivity contribution >= 4 is 27.8 Å². The van der Waals surface area contributed by atoms with Gasteiger partial charge in [-0.3, -0.25) is 9.59 Å². The summed E-state index contributed by atoms with van der Waals surface area (Å²) in [5, 5.41) is 4.50. The van der Waals surface area contributed by atoms with Gasteiger partial charge in [0.05, 0.1) is 11.1 Å². The zero-order chi connectivity index (χ0) is 16.8. The minimum atomic E-state index is -4.13. The summed E-state index contributed by atoms with van der Waals surface area (Å²) in [6.45, 7) is 0. The van der Waals surface area contributed by atoms with Gasteiger partial charge in [0.15, 0.2) is 0 Å². The van der Waals surface area contributed by atoms with Crippen molar-refractivity contribution in [1.82, 2.24) is 5.06 Å². The third-order valence-corrected chi connectivity index (χ3v) is 3.80. The number of carbonyl (C=O) groups is 3. The van der Waals surface area contributed by atoms with E-state index in [1.807, 2.05) is 0 Å². The van der Waals surface area contributed by atoms with Crippen LogP contribution >= 0.6 is 0 Å². The molecule has 1 aromatic heterocycles. The first-order valence-corrected chi connectivity index (χ1v) is 7.65. The number of primary sulfonamides is 1. The van der Waals surface area contributed by atoms with Gasteiger partial charge in [-0.05, 0) is 12.1 Å². The highest BCUT2D eigenvalue weighted by molar-refractivity contribution is 7.89. The molecule has 0 radical (unpaired) electrons. The van der Waals surface area contributed by atoms with Crippen LogP contribution in [0.25, 0.3) is 0 Å². The molecule has 9 nitrogen and oxygen atoms in total. The normalized spacial score (nSPS) is 14.0. The van der Waals surface area contributed by atoms with E-state index in [0.717, 1.165) is 12.3 Å². The van der Waals surface area contributed by atoms with Crippen molar-refractivity contribution in [3.63, 3.8) is 0 Å². The smallest absolute Gasteiger partial charge is 0.367 e. The summed E-state index contributed by atoms with van der Waals surface area (Å²) >= 11 is 0. The number of nitrogens with zero attached hydrogens (tertiary/aromatic N) is 1. The predicted molar refractivity (Wildman–Crippen MR) is 72.4 cm³/mol. The fourth-order valence-corrected chi connectivity index (χ4v) is 2.43. The van der Waals surface area contributed by atoms with E-state index in [1.54, 1.807) is 12.1 Å². The van der Waals surface area contributed by atoms with Gasteiger partial charge in [-0.2, -0.15) is 0 Å². The van der Waals surface area contributed by atoms with E-state index in [1.165, 1.54) is 12.1 Å². The third kappa shape index (κ3) is 2.49. The Morgan fingerprint density at radius 1 is 1.13 bits per heavy atom. The lowest BCUT2D eigenvalue weighted by molar-refractivity contribution is -0.0585. The Hall–Kier alpha value is -2.98. The molecular weight excluding hydrogens is 328 g/mol. The standard InChI is InChI=1S/C13H8N2O7S/c14-23(19,20)10-5-7(6-21-10)13(18)22-15-11(16)8-3-1-2-4-9(8)12(15)17/h1-6H,(H2,14,19,20). The van der Waals surface area contributed by atoms with Crippen LogP contribution in [0.15, 0.2) is 46.1 Å². The van der Waals surface area contributed by atoms with Crippen molar-refractivity contribution in [1.29, 1.82) is 0 Å². The maximum atomic E-state index is 12.0. The van der Waals surface area contributed by atoms with Crippen LogP contribution in [-0.2, 0) is 14.9 Å². The maximum Gasteiger partial charge on any atom is 0.367 e. The number of hydroxylamine groups is 2. The highest BCUT2D eigenvalue weighted by atomic mass is 32.2. The molecule has 3 rings (SSSR count). The molecule has 0 bridgehead atoms. The van der Waals surface area contributed by atoms with Crippen molar-refractivity contribution in [2.24, 2.45) is 5.14 Å². The van der Waals surface area contributed by atoms with Crippen LogP contribution in [0.3, 0.4) is 0 Å². The van der Waals surface area contributed by atoms with Gasteiger partial charge < -0.3 is 9.25 Å². The SMILES string of the molecule is NS(=O)(=O)c1cc(C(=O)ON2C(=O)c3ccccc3C2=O)co1. The lowest BCUT2D eigenvalue weighted by Gasteiger charge is -2.11. The van der Waals surface area contributed by atoms with E-state index < -0.39 is 32.9 Å². The Kier molecular flexibility index (Phi) is 3.27. The monoisotopic (exact) mass is 336 g/mol. The second-order valence-corrected chi connectivity index (χ2v) is 6.02. The molecule has 1 aromatic carbocycles. The van der Waals surface area contributed by atoms with Crippen molar-refractivity contribution in [2.75, 3.05) is 0 Å². The average molecular weight is 336 g/mol. The van der Waals surface area contributed by atoms with Gasteiger partial charge in [0.2, 0.25) is 5.09 Å². The van der Waals surface area contributed by atoms with E-state index in [2.05, 4.69) is 4.42 Å². The molecule has 0 unspecified atom stereocenters. The fraction of sp³-hybridized carbons (Fsp3) is 0. The van der Waals surface area contributed by atoms with Gasteiger partial charge in [-0.15, -0.1) is 0 Å². The first-order valence-electron chi connectivity index (χ1n) is 6.10. The molecule has 0 aliphatic carbocycles. The molecule has 118 valence electrons. The number of benzene rings is 1. The summed E-state index contributed by atoms with van der Waals surface area (Å²) in [6.07, 6.45) is 0.792. The number of furan rings is 1. The molecule has 0 fully saturated rings. The van der Waals surface area contributed by atoms with Gasteiger partial charge in [-0.25, -0.2) is 18.4 Å². The average Bonchev–Trinajstić information content (AvgIpc) is 3.08. The number of hydrogen-bond donors (Lipinski definition) is 1. The summed E-state index contributed by atoms with van der Waals surface area (Å²) in [4.78, 5) is 40.7. The van der Waals surface area contributed by atoms with Crippen LogP contribution < -0.4 is 5.14 Å². The van der Waals surface area contributed by atoms with Gasteiger partial charge in [-0.1, -0.05) is 17.2 Å². The number of amides is 2. The summed E-state index contributed by atoms with van der Waals surface area (Å²) in [5.74, 6) is -2.73. The van der Waals surface area contributed by atoms with Crippen LogP contribution in [0.5, 0.6) is 0 Å². The molecule has 1 aliphatic heterocycles. The molecule has 23 heavy (non-hydrogen) atoms. The topological polar surface area (TPSA) is 137 Å². The summed E-state index contributed by atoms with van der Waals surface area (Å²) in [5.41, 5.74) is -0.115. The van der Waals surface area contributed by atoms with E-state index in [9.17, 15) is 22.8 Å². The molecule has 0 saturated heterocycles. The minimum Gasteiger partial charge on any atom is -0.451 e. The fourth-order valence-electron chi connectivity index (χ4n) is 1.96. The Morgan fingerprint density at radius 2 is 1.70 bits per heavy atom. The molecule has 10 heteroatoms. The largest absolute Gasteiger partial charge is 0.451 e. The maximum absolute atomic E-state index is 12.0. The molecule has 0 saturated carbocycles. The predicted octanol–water partition coefficient (Wildman–Crippen LogP) is 0.295. The van der Waals surface area contributed by atoms with Crippen LogP contribution in [0.1, 0.15) is 31.1 Å². The summed E-state index contributed by atoms with van der Waals surface area (Å²) in [6, 6.07) is 6.78. The number of rotatable bonds is 3. The molecular formula is C13H8N2O7S. The van der Waals surface area contributed by atoms with Crippen molar-refractivity contribution in [2.45, 2.75) is 5.09 Å². The van der Waals surface area contributed by atoms with Gasteiger partial charge in [0, 0.05) is 6.07 Å². The molecule has 2 aromatic rings. The molecule has 0 atom stereocenters. The Bertz CT molecular complexity index is 910. The molecule has 2 amide bonds. The van der Waals surface area contributed by atoms with Crippen molar-refractivity contribution in [3.05, 3.63) is 53.3 Å². The number of hydrogen-bond acceptors (Lipinski definition) is 7. The number of nitrogens with two attached hydrogens (primary N) is 1. The highest BCUT2D eigenvalue weighted by Gasteiger charge is 2.39. The minimum absolute atomic E-state index is 0.0997. The third-order valence-electron chi connectivity index (χ3n) is 3.02. The Labute approximate surface area is 129 Å². The van der Waals surface area contributed by atoms with Crippen molar-refractivity contribution < 1.29 is 32.1 Å². The van der Waals surface area contributed by atoms with Crippen molar-refractivity contribution in [3.8, 4) is 0 Å². The number of sulfonamides is 1. The number of fused-ring (bicyclic) bond motifs is 1. The highest BCUT2D eigenvalue weighted by Crippen LogP contribution is 2.23. The first-order chi connectivity index (χ1) is 10.8. The van der Waals surface area contributed by atoms with Crippen LogP contribution in [0.2, 0.25) is 0 Å². The first kappa shape index (κ1) is 14.9. The van der Waals surface area contributed by atoms with E-state index >= 15 is 0 Å². The van der Waals surface area contributed by atoms with Crippen LogP contribution in [0.4, 0.5) is 0 Å². The Morgan fingerprint density at radius 3 is 2.17 bits per heavy atom. The van der Waals surface area contributed by atoms with E-state index in [0.29, 0.717) is 5.06 Å². The quantitative estimate of drug-likeness (QED) is 0.795. The Balaban J connectivity index is 1.83. The lowest BCUT2D eigenvalue weighted by atomic mass is 10.1. The number of carbonyl (C=O) groups excluding carboxylic acids is 3. The molecule has 0 spiro atoms. The zero-order valence-electron chi connectivity index (χ0n) is 11.3.